The zero-order valence-electron chi connectivity index (χ0n) is 24.3. The van der Waals surface area contributed by atoms with Crippen LogP contribution in [0.4, 0.5) is 15.8 Å². The topological polar surface area (TPSA) is 117 Å². The summed E-state index contributed by atoms with van der Waals surface area (Å²) in [4.78, 5) is 26.1. The van der Waals surface area contributed by atoms with Gasteiger partial charge in [0.15, 0.2) is 0 Å². The highest BCUT2D eigenvalue weighted by Gasteiger charge is 2.23. The molecule has 3 N–H and O–H groups in total. The van der Waals surface area contributed by atoms with Crippen molar-refractivity contribution >= 4 is 33.2 Å². The Morgan fingerprint density at radius 1 is 0.860 bits per heavy atom. The van der Waals surface area contributed by atoms with Crippen LogP contribution in [0.1, 0.15) is 26.3 Å². The number of ether oxygens (including phenoxy) is 1. The van der Waals surface area contributed by atoms with Crippen LogP contribution < -0.4 is 20.1 Å². The molecule has 0 aliphatic carbocycles. The van der Waals surface area contributed by atoms with Crippen LogP contribution in [0.3, 0.4) is 0 Å². The number of anilines is 2. The number of amides is 2. The minimum absolute atomic E-state index is 0.0571. The molecule has 4 aromatic carbocycles. The van der Waals surface area contributed by atoms with E-state index in [2.05, 4.69) is 15.4 Å². The Bertz CT molecular complexity index is 1760. The number of nitrogens with zero attached hydrogens (tertiary/aromatic N) is 1. The van der Waals surface area contributed by atoms with Gasteiger partial charge in [-0.05, 0) is 84.3 Å². The molecule has 4 aromatic rings. The second-order valence-corrected chi connectivity index (χ2v) is 11.6. The molecule has 0 bridgehead atoms. The van der Waals surface area contributed by atoms with Crippen LogP contribution in [-0.2, 0) is 10.0 Å². The minimum Gasteiger partial charge on any atom is -0.495 e. The molecule has 43 heavy (non-hydrogen) atoms. The minimum atomic E-state index is -4.10. The summed E-state index contributed by atoms with van der Waals surface area (Å²) < 4.78 is 48.6. The summed E-state index contributed by atoms with van der Waals surface area (Å²) in [7, 11) is 0.645. The average molecular weight is 605 g/mol. The van der Waals surface area contributed by atoms with Crippen LogP contribution in [0, 0.1) is 12.7 Å². The number of carbonyl (C=O) groups is 2. The number of halogens is 1. The Morgan fingerprint density at radius 3 is 2.28 bits per heavy atom. The number of hydrogen-bond acceptors (Lipinski definition) is 6. The molecule has 2 amide bonds. The van der Waals surface area contributed by atoms with Gasteiger partial charge in [-0.15, -0.1) is 0 Å². The van der Waals surface area contributed by atoms with Gasteiger partial charge in [0.2, 0.25) is 0 Å². The molecule has 0 fully saturated rings. The summed E-state index contributed by atoms with van der Waals surface area (Å²) in [6.07, 6.45) is 0. The number of hydrogen-bond donors (Lipinski definition) is 3. The van der Waals surface area contributed by atoms with E-state index in [0.29, 0.717) is 34.6 Å². The summed E-state index contributed by atoms with van der Waals surface area (Å²) in [5.74, 6) is -0.872. The maximum absolute atomic E-state index is 13.6. The number of rotatable bonds is 11. The normalized spacial score (nSPS) is 11.0. The Kier molecular flexibility index (Phi) is 9.66. The predicted molar refractivity (Wildman–Crippen MR) is 166 cm³/mol. The third kappa shape index (κ3) is 7.69. The maximum atomic E-state index is 13.6. The lowest BCUT2D eigenvalue weighted by molar-refractivity contribution is 0.0827. The molecule has 0 aromatic heterocycles. The van der Waals surface area contributed by atoms with Crippen molar-refractivity contribution in [3.05, 3.63) is 107 Å². The Balaban J connectivity index is 1.50. The van der Waals surface area contributed by atoms with E-state index < -0.39 is 21.7 Å². The van der Waals surface area contributed by atoms with Crippen LogP contribution in [0.25, 0.3) is 11.1 Å². The highest BCUT2D eigenvalue weighted by molar-refractivity contribution is 7.92. The number of sulfonamides is 1. The standard InChI is InChI=1S/C32H33FN4O5S/c1-21-16-29(42-4)30(20-28(21)22-8-5-10-24(17-22)32(39)37(2)3)43(40,41)36-27-13-7-12-26(19-27)34-14-15-35-31(38)23-9-6-11-25(33)18-23/h5-13,16-20,34,36H,14-15H2,1-4H3,(H,35,38). The van der Waals surface area contributed by atoms with E-state index in [4.69, 9.17) is 4.74 Å². The van der Waals surface area contributed by atoms with Crippen molar-refractivity contribution in [1.82, 2.24) is 10.2 Å². The third-order valence-corrected chi connectivity index (χ3v) is 7.97. The fourth-order valence-electron chi connectivity index (χ4n) is 4.44. The summed E-state index contributed by atoms with van der Waals surface area (Å²) in [5, 5.41) is 5.84. The fourth-order valence-corrected chi connectivity index (χ4v) is 5.66. The molecule has 224 valence electrons. The lowest BCUT2D eigenvalue weighted by Gasteiger charge is -2.17. The first kappa shape index (κ1) is 31.0. The molecule has 4 rings (SSSR count). The van der Waals surface area contributed by atoms with E-state index in [9.17, 15) is 22.4 Å². The number of methoxy groups -OCH3 is 1. The van der Waals surface area contributed by atoms with Gasteiger partial charge in [0.25, 0.3) is 21.8 Å². The molecule has 0 aliphatic rings. The van der Waals surface area contributed by atoms with Gasteiger partial charge in [-0.25, -0.2) is 12.8 Å². The summed E-state index contributed by atoms with van der Waals surface area (Å²) in [6, 6.07) is 22.3. The molecule has 0 saturated heterocycles. The van der Waals surface area contributed by atoms with Crippen molar-refractivity contribution < 1.29 is 27.1 Å². The first-order valence-electron chi connectivity index (χ1n) is 13.4. The summed E-state index contributed by atoms with van der Waals surface area (Å²) in [6.45, 7) is 2.45. The molecule has 11 heteroatoms. The molecular formula is C32H33FN4O5S. The molecule has 9 nitrogen and oxygen atoms in total. The predicted octanol–water partition coefficient (Wildman–Crippen LogP) is 5.15. The van der Waals surface area contributed by atoms with Gasteiger partial charge < -0.3 is 20.3 Å². The number of nitrogens with one attached hydrogen (secondary N) is 3. The highest BCUT2D eigenvalue weighted by Crippen LogP contribution is 2.35. The van der Waals surface area contributed by atoms with E-state index in [1.54, 1.807) is 68.7 Å². The lowest BCUT2D eigenvalue weighted by Crippen LogP contribution is -2.28. The van der Waals surface area contributed by atoms with Gasteiger partial charge in [-0.3, -0.25) is 14.3 Å². The van der Waals surface area contributed by atoms with Crippen molar-refractivity contribution in [3.63, 3.8) is 0 Å². The van der Waals surface area contributed by atoms with E-state index in [0.717, 1.165) is 11.6 Å². The molecule has 0 radical (unpaired) electrons. The maximum Gasteiger partial charge on any atom is 0.265 e. The van der Waals surface area contributed by atoms with Crippen LogP contribution in [0.5, 0.6) is 5.75 Å². The van der Waals surface area contributed by atoms with Crippen LogP contribution in [-0.4, -0.2) is 59.4 Å². The van der Waals surface area contributed by atoms with Crippen molar-refractivity contribution in [1.29, 1.82) is 0 Å². The second kappa shape index (κ2) is 13.4. The number of aryl methyl sites for hydroxylation is 1. The number of benzene rings is 4. The molecular weight excluding hydrogens is 571 g/mol. The van der Waals surface area contributed by atoms with Gasteiger partial charge in [-0.2, -0.15) is 0 Å². The smallest absolute Gasteiger partial charge is 0.265 e. The Labute approximate surface area is 250 Å². The molecule has 0 heterocycles. The summed E-state index contributed by atoms with van der Waals surface area (Å²) >= 11 is 0. The van der Waals surface area contributed by atoms with Gasteiger partial charge in [0, 0.05) is 44.0 Å². The van der Waals surface area contributed by atoms with Crippen LogP contribution in [0.15, 0.2) is 89.8 Å². The Morgan fingerprint density at radius 2 is 1.56 bits per heavy atom. The quantitative estimate of drug-likeness (QED) is 0.204. The van der Waals surface area contributed by atoms with Crippen molar-refractivity contribution in [3.8, 4) is 16.9 Å². The number of carbonyl (C=O) groups excluding carboxylic acids is 2. The van der Waals surface area contributed by atoms with E-state index in [-0.39, 0.29) is 28.7 Å². The second-order valence-electron chi connectivity index (χ2n) is 9.98. The summed E-state index contributed by atoms with van der Waals surface area (Å²) in [5.41, 5.74) is 3.76. The van der Waals surface area contributed by atoms with Crippen molar-refractivity contribution in [2.45, 2.75) is 11.8 Å². The highest BCUT2D eigenvalue weighted by atomic mass is 32.2. The molecule has 0 spiro atoms. The van der Waals surface area contributed by atoms with E-state index in [1.807, 2.05) is 13.0 Å². The molecule has 0 atom stereocenters. The zero-order chi connectivity index (χ0) is 31.1. The fraction of sp³-hybridized carbons (Fsp3) is 0.188. The third-order valence-electron chi connectivity index (χ3n) is 6.57. The van der Waals surface area contributed by atoms with Crippen molar-refractivity contribution in [2.75, 3.05) is 44.3 Å². The van der Waals surface area contributed by atoms with Crippen molar-refractivity contribution in [2.24, 2.45) is 0 Å². The monoisotopic (exact) mass is 604 g/mol. The zero-order valence-corrected chi connectivity index (χ0v) is 25.1. The molecule has 0 saturated carbocycles. The first-order valence-corrected chi connectivity index (χ1v) is 14.9. The largest absolute Gasteiger partial charge is 0.495 e. The molecule has 0 unspecified atom stereocenters. The Hall–Kier alpha value is -4.90. The first-order chi connectivity index (χ1) is 20.5. The average Bonchev–Trinajstić information content (AvgIpc) is 2.98. The lowest BCUT2D eigenvalue weighted by atomic mass is 9.98. The van der Waals surface area contributed by atoms with Gasteiger partial charge in [0.05, 0.1) is 12.8 Å². The van der Waals surface area contributed by atoms with E-state index in [1.165, 1.54) is 30.2 Å². The SMILES string of the molecule is COc1cc(C)c(-c2cccc(C(=O)N(C)C)c2)cc1S(=O)(=O)Nc1cccc(NCCNC(=O)c2cccc(F)c2)c1. The van der Waals surface area contributed by atoms with Gasteiger partial charge >= 0.3 is 0 Å². The van der Waals surface area contributed by atoms with E-state index >= 15 is 0 Å². The molecule has 0 aliphatic heterocycles. The van der Waals surface area contributed by atoms with Gasteiger partial charge in [0.1, 0.15) is 16.5 Å². The van der Waals surface area contributed by atoms with Gasteiger partial charge in [-0.1, -0.05) is 24.3 Å². The van der Waals surface area contributed by atoms with Crippen LogP contribution >= 0.6 is 0 Å². The van der Waals surface area contributed by atoms with Crippen LogP contribution in [0.2, 0.25) is 0 Å².